The maximum atomic E-state index is 9.16. The second kappa shape index (κ2) is 5.46. The van der Waals surface area contributed by atoms with E-state index in [1.807, 2.05) is 16.7 Å². The minimum absolute atomic E-state index is 0.242. The van der Waals surface area contributed by atoms with Crippen LogP contribution in [0.4, 0.5) is 0 Å². The second-order valence-electron chi connectivity index (χ2n) is 3.81. The lowest BCUT2D eigenvalue weighted by Gasteiger charge is -2.06. The van der Waals surface area contributed by atoms with Crippen LogP contribution < -0.4 is 5.32 Å². The van der Waals surface area contributed by atoms with E-state index in [1.54, 1.807) is 12.3 Å². The summed E-state index contributed by atoms with van der Waals surface area (Å²) in [7, 11) is 0. The maximum absolute atomic E-state index is 9.16. The molecule has 0 saturated heterocycles. The molecule has 0 aliphatic heterocycles. The molecule has 0 radical (unpaired) electrons. The second-order valence-corrected chi connectivity index (χ2v) is 4.25. The summed E-state index contributed by atoms with van der Waals surface area (Å²) in [6, 6.07) is 3.63. The van der Waals surface area contributed by atoms with E-state index in [1.165, 1.54) is 0 Å². The Labute approximate surface area is 104 Å². The van der Waals surface area contributed by atoms with Crippen LogP contribution in [0.2, 0.25) is 5.02 Å². The van der Waals surface area contributed by atoms with Crippen molar-refractivity contribution in [2.24, 2.45) is 0 Å². The van der Waals surface area contributed by atoms with Gasteiger partial charge in [-0.25, -0.2) is 4.98 Å². The highest BCUT2D eigenvalue weighted by Gasteiger charge is 2.04. The molecular formula is C11H14ClN3O2. The Morgan fingerprint density at radius 2 is 2.24 bits per heavy atom. The predicted octanol–water partition coefficient (Wildman–Crippen LogP) is 0.430. The summed E-state index contributed by atoms with van der Waals surface area (Å²) >= 11 is 5.87. The number of nitrogens with one attached hydrogen (secondary N) is 1. The molecule has 0 aliphatic carbocycles. The van der Waals surface area contributed by atoms with E-state index in [0.29, 0.717) is 18.1 Å². The Hall–Kier alpha value is -1.14. The zero-order valence-corrected chi connectivity index (χ0v) is 9.93. The Morgan fingerprint density at radius 1 is 1.41 bits per heavy atom. The van der Waals surface area contributed by atoms with Crippen LogP contribution in [0.1, 0.15) is 5.69 Å². The Morgan fingerprint density at radius 3 is 3.00 bits per heavy atom. The van der Waals surface area contributed by atoms with Crippen molar-refractivity contribution in [1.29, 1.82) is 0 Å². The Balaban J connectivity index is 1.99. The summed E-state index contributed by atoms with van der Waals surface area (Å²) in [5.74, 6) is 0. The van der Waals surface area contributed by atoms with Gasteiger partial charge in [-0.2, -0.15) is 0 Å². The van der Waals surface area contributed by atoms with Crippen molar-refractivity contribution in [2.45, 2.75) is 12.6 Å². The molecule has 0 amide bonds. The molecule has 3 N–H and O–H groups in total. The summed E-state index contributed by atoms with van der Waals surface area (Å²) in [5.41, 5.74) is 1.69. The molecule has 5 nitrogen and oxygen atoms in total. The summed E-state index contributed by atoms with van der Waals surface area (Å²) in [6.45, 7) is 0.634. The number of hydrogen-bond acceptors (Lipinski definition) is 4. The highest BCUT2D eigenvalue weighted by Crippen LogP contribution is 2.11. The number of imidazole rings is 1. The SMILES string of the molecule is OCC(O)CNCc1cn2cc(Cl)ccc2n1. The third-order valence-corrected chi connectivity index (χ3v) is 2.59. The number of fused-ring (bicyclic) bond motifs is 1. The molecule has 2 aromatic rings. The number of aliphatic hydroxyl groups is 2. The van der Waals surface area contributed by atoms with Gasteiger partial charge in [-0.1, -0.05) is 11.6 Å². The van der Waals surface area contributed by atoms with Crippen molar-refractivity contribution < 1.29 is 10.2 Å². The van der Waals surface area contributed by atoms with Gasteiger partial charge in [-0.05, 0) is 12.1 Å². The van der Waals surface area contributed by atoms with Crippen LogP contribution in [0.3, 0.4) is 0 Å². The predicted molar refractivity (Wildman–Crippen MR) is 65.0 cm³/mol. The van der Waals surface area contributed by atoms with Crippen LogP contribution in [-0.2, 0) is 6.54 Å². The van der Waals surface area contributed by atoms with Crippen molar-refractivity contribution in [3.63, 3.8) is 0 Å². The number of aliphatic hydroxyl groups excluding tert-OH is 2. The van der Waals surface area contributed by atoms with Crippen LogP contribution in [0.15, 0.2) is 24.5 Å². The average molecular weight is 256 g/mol. The highest BCUT2D eigenvalue weighted by atomic mass is 35.5. The van der Waals surface area contributed by atoms with E-state index in [9.17, 15) is 0 Å². The molecule has 0 spiro atoms. The zero-order chi connectivity index (χ0) is 12.3. The fourth-order valence-electron chi connectivity index (χ4n) is 1.53. The van der Waals surface area contributed by atoms with E-state index in [2.05, 4.69) is 10.3 Å². The van der Waals surface area contributed by atoms with Crippen LogP contribution in [0, 0.1) is 0 Å². The first-order valence-electron chi connectivity index (χ1n) is 5.32. The molecule has 92 valence electrons. The molecule has 0 saturated carbocycles. The fourth-order valence-corrected chi connectivity index (χ4v) is 1.70. The Bertz CT molecular complexity index is 500. The van der Waals surface area contributed by atoms with Crippen molar-refractivity contribution >= 4 is 17.2 Å². The molecule has 2 rings (SSSR count). The number of pyridine rings is 1. The zero-order valence-electron chi connectivity index (χ0n) is 9.17. The third-order valence-electron chi connectivity index (χ3n) is 2.36. The van der Waals surface area contributed by atoms with E-state index in [-0.39, 0.29) is 6.61 Å². The average Bonchev–Trinajstić information content (AvgIpc) is 2.70. The van der Waals surface area contributed by atoms with Crippen LogP contribution >= 0.6 is 11.6 Å². The normalized spacial score (nSPS) is 13.1. The van der Waals surface area contributed by atoms with Gasteiger partial charge in [0.1, 0.15) is 5.65 Å². The number of aromatic nitrogens is 2. The van der Waals surface area contributed by atoms with Gasteiger partial charge in [-0.3, -0.25) is 0 Å². The number of hydrogen-bond donors (Lipinski definition) is 3. The molecule has 2 aromatic heterocycles. The lowest BCUT2D eigenvalue weighted by atomic mass is 10.3. The summed E-state index contributed by atoms with van der Waals surface area (Å²) in [6.07, 6.45) is 2.93. The molecule has 0 aliphatic rings. The van der Waals surface area contributed by atoms with Crippen LogP contribution in [0.25, 0.3) is 5.65 Å². The number of nitrogens with zero attached hydrogens (tertiary/aromatic N) is 2. The molecule has 0 bridgehead atoms. The topological polar surface area (TPSA) is 69.8 Å². The summed E-state index contributed by atoms with van der Waals surface area (Å²) in [5, 5.41) is 21.5. The lowest BCUT2D eigenvalue weighted by Crippen LogP contribution is -2.29. The van der Waals surface area contributed by atoms with Gasteiger partial charge in [0.25, 0.3) is 0 Å². The maximum Gasteiger partial charge on any atom is 0.137 e. The minimum Gasteiger partial charge on any atom is -0.394 e. The monoisotopic (exact) mass is 255 g/mol. The first kappa shape index (κ1) is 12.3. The molecule has 0 fully saturated rings. The highest BCUT2D eigenvalue weighted by molar-refractivity contribution is 6.30. The van der Waals surface area contributed by atoms with Crippen LogP contribution in [-0.4, -0.2) is 38.9 Å². The summed E-state index contributed by atoms with van der Waals surface area (Å²) < 4.78 is 1.85. The van der Waals surface area contributed by atoms with Crippen molar-refractivity contribution in [1.82, 2.24) is 14.7 Å². The fraction of sp³-hybridized carbons (Fsp3) is 0.364. The molecular weight excluding hydrogens is 242 g/mol. The van der Waals surface area contributed by atoms with Gasteiger partial charge >= 0.3 is 0 Å². The smallest absolute Gasteiger partial charge is 0.137 e. The molecule has 1 unspecified atom stereocenters. The Kier molecular flexibility index (Phi) is 3.96. The molecule has 17 heavy (non-hydrogen) atoms. The van der Waals surface area contributed by atoms with Crippen molar-refractivity contribution in [3.8, 4) is 0 Å². The van der Waals surface area contributed by atoms with Gasteiger partial charge in [0, 0.05) is 25.5 Å². The number of rotatable bonds is 5. The largest absolute Gasteiger partial charge is 0.394 e. The van der Waals surface area contributed by atoms with Gasteiger partial charge in [0.2, 0.25) is 0 Å². The van der Waals surface area contributed by atoms with Gasteiger partial charge in [0.05, 0.1) is 23.4 Å². The van der Waals surface area contributed by atoms with E-state index >= 15 is 0 Å². The molecule has 2 heterocycles. The molecule has 0 aromatic carbocycles. The summed E-state index contributed by atoms with van der Waals surface area (Å²) in [4.78, 5) is 4.37. The van der Waals surface area contributed by atoms with Crippen molar-refractivity contribution in [2.75, 3.05) is 13.2 Å². The van der Waals surface area contributed by atoms with Gasteiger partial charge in [-0.15, -0.1) is 0 Å². The lowest BCUT2D eigenvalue weighted by molar-refractivity contribution is 0.0941. The van der Waals surface area contributed by atoms with Crippen LogP contribution in [0.5, 0.6) is 0 Å². The van der Waals surface area contributed by atoms with E-state index in [0.717, 1.165) is 11.3 Å². The molecule has 1 atom stereocenters. The first-order valence-corrected chi connectivity index (χ1v) is 5.69. The first-order chi connectivity index (χ1) is 8.19. The standard InChI is InChI=1S/C11H14ClN3O2/c12-8-1-2-11-14-9(6-15(11)5-8)3-13-4-10(17)7-16/h1-2,5-6,10,13,16-17H,3-4,7H2. The molecule has 6 heteroatoms. The third kappa shape index (κ3) is 3.17. The van der Waals surface area contributed by atoms with Gasteiger partial charge in [0.15, 0.2) is 0 Å². The van der Waals surface area contributed by atoms with E-state index < -0.39 is 6.10 Å². The van der Waals surface area contributed by atoms with E-state index in [4.69, 9.17) is 21.8 Å². The minimum atomic E-state index is -0.735. The quantitative estimate of drug-likeness (QED) is 0.725. The van der Waals surface area contributed by atoms with Crippen molar-refractivity contribution in [3.05, 3.63) is 35.2 Å². The number of halogens is 1. The van der Waals surface area contributed by atoms with Gasteiger partial charge < -0.3 is 19.9 Å².